The molecule has 0 aliphatic carbocycles. The Morgan fingerprint density at radius 3 is 2.27 bits per heavy atom. The Labute approximate surface area is 143 Å². The lowest BCUT2D eigenvalue weighted by Gasteiger charge is -2.18. The highest BCUT2D eigenvalue weighted by Crippen LogP contribution is 2.12. The summed E-state index contributed by atoms with van der Waals surface area (Å²) in [7, 11) is 0. The SMILES string of the molecule is CC(C)CC(CN)NC(=O)CCC(=O)c1ccc(Cl)cc1.Cl. The molecule has 1 aromatic rings. The Morgan fingerprint density at radius 1 is 1.18 bits per heavy atom. The van der Waals surface area contributed by atoms with E-state index in [0.717, 1.165) is 6.42 Å². The van der Waals surface area contributed by atoms with Gasteiger partial charge in [-0.3, -0.25) is 9.59 Å². The zero-order valence-electron chi connectivity index (χ0n) is 13.0. The lowest BCUT2D eigenvalue weighted by atomic mass is 10.0. The van der Waals surface area contributed by atoms with Gasteiger partial charge in [0.05, 0.1) is 0 Å². The van der Waals surface area contributed by atoms with Crippen molar-refractivity contribution in [1.82, 2.24) is 5.32 Å². The van der Waals surface area contributed by atoms with E-state index in [1.54, 1.807) is 24.3 Å². The lowest BCUT2D eigenvalue weighted by Crippen LogP contribution is -2.41. The quantitative estimate of drug-likeness (QED) is 0.709. The van der Waals surface area contributed by atoms with Gasteiger partial charge in [-0.1, -0.05) is 25.4 Å². The van der Waals surface area contributed by atoms with Crippen molar-refractivity contribution in [1.29, 1.82) is 0 Å². The predicted octanol–water partition coefficient (Wildman–Crippen LogP) is 3.21. The third-order valence-corrected chi connectivity index (χ3v) is 3.40. The van der Waals surface area contributed by atoms with Gasteiger partial charge in [-0.25, -0.2) is 0 Å². The Hall–Kier alpha value is -1.10. The molecule has 6 heteroatoms. The van der Waals surface area contributed by atoms with Gasteiger partial charge in [0.15, 0.2) is 5.78 Å². The van der Waals surface area contributed by atoms with E-state index in [9.17, 15) is 9.59 Å². The minimum absolute atomic E-state index is 0. The zero-order valence-corrected chi connectivity index (χ0v) is 14.5. The van der Waals surface area contributed by atoms with Crippen LogP contribution in [0.2, 0.25) is 5.02 Å². The summed E-state index contributed by atoms with van der Waals surface area (Å²) in [6.07, 6.45) is 1.20. The first-order valence-electron chi connectivity index (χ1n) is 7.20. The average Bonchev–Trinajstić information content (AvgIpc) is 2.44. The number of benzene rings is 1. The number of Topliss-reactive ketones (excluding diaryl/α,β-unsaturated/α-hetero) is 1. The van der Waals surface area contributed by atoms with E-state index < -0.39 is 0 Å². The van der Waals surface area contributed by atoms with Crippen molar-refractivity contribution in [3.8, 4) is 0 Å². The third kappa shape index (κ3) is 7.78. The van der Waals surface area contributed by atoms with Crippen molar-refractivity contribution in [3.63, 3.8) is 0 Å². The number of ketones is 1. The molecule has 0 aliphatic rings. The number of nitrogens with two attached hydrogens (primary N) is 1. The number of nitrogens with one attached hydrogen (secondary N) is 1. The highest BCUT2D eigenvalue weighted by Gasteiger charge is 2.14. The van der Waals surface area contributed by atoms with Crippen LogP contribution in [0.3, 0.4) is 0 Å². The standard InChI is InChI=1S/C16H23ClN2O2.ClH/c1-11(2)9-14(10-18)19-16(21)8-7-15(20)12-3-5-13(17)6-4-12;/h3-6,11,14H,7-10,18H2,1-2H3,(H,19,21);1H. The van der Waals surface area contributed by atoms with Gasteiger partial charge < -0.3 is 11.1 Å². The average molecular weight is 347 g/mol. The smallest absolute Gasteiger partial charge is 0.220 e. The molecule has 0 spiro atoms. The van der Waals surface area contributed by atoms with Gasteiger partial charge in [-0.15, -0.1) is 12.4 Å². The Bertz CT molecular complexity index is 476. The molecule has 22 heavy (non-hydrogen) atoms. The molecule has 1 rings (SSSR count). The molecule has 0 fully saturated rings. The Morgan fingerprint density at radius 2 is 1.77 bits per heavy atom. The molecule has 124 valence electrons. The van der Waals surface area contributed by atoms with E-state index in [-0.39, 0.29) is 43.0 Å². The van der Waals surface area contributed by atoms with Gasteiger partial charge >= 0.3 is 0 Å². The summed E-state index contributed by atoms with van der Waals surface area (Å²) in [6, 6.07) is 6.65. The monoisotopic (exact) mass is 346 g/mol. The maximum absolute atomic E-state index is 11.9. The summed E-state index contributed by atoms with van der Waals surface area (Å²) in [5, 5.41) is 3.46. The summed E-state index contributed by atoms with van der Waals surface area (Å²) in [5.41, 5.74) is 6.21. The maximum atomic E-state index is 11.9. The van der Waals surface area contributed by atoms with Gasteiger partial charge in [0, 0.05) is 36.0 Å². The molecule has 0 saturated carbocycles. The second-order valence-electron chi connectivity index (χ2n) is 5.56. The van der Waals surface area contributed by atoms with Gasteiger partial charge in [0.25, 0.3) is 0 Å². The van der Waals surface area contributed by atoms with Crippen LogP contribution in [0.15, 0.2) is 24.3 Å². The molecule has 0 heterocycles. The molecule has 4 nitrogen and oxygen atoms in total. The van der Waals surface area contributed by atoms with E-state index in [4.69, 9.17) is 17.3 Å². The number of carbonyl (C=O) groups is 2. The van der Waals surface area contributed by atoms with Crippen molar-refractivity contribution in [2.45, 2.75) is 39.2 Å². The molecule has 0 aromatic heterocycles. The van der Waals surface area contributed by atoms with Crippen molar-refractivity contribution in [3.05, 3.63) is 34.9 Å². The molecule has 1 unspecified atom stereocenters. The van der Waals surface area contributed by atoms with E-state index in [1.807, 2.05) is 0 Å². The van der Waals surface area contributed by atoms with E-state index in [2.05, 4.69) is 19.2 Å². The van der Waals surface area contributed by atoms with Gasteiger partial charge in [-0.05, 0) is 36.6 Å². The summed E-state index contributed by atoms with van der Waals surface area (Å²) in [4.78, 5) is 23.8. The predicted molar refractivity (Wildman–Crippen MR) is 92.7 cm³/mol. The van der Waals surface area contributed by atoms with Gasteiger partial charge in [-0.2, -0.15) is 0 Å². The molecule has 0 aliphatic heterocycles. The van der Waals surface area contributed by atoms with Crippen LogP contribution in [0.1, 0.15) is 43.5 Å². The lowest BCUT2D eigenvalue weighted by molar-refractivity contribution is -0.121. The molecule has 0 saturated heterocycles. The largest absolute Gasteiger partial charge is 0.352 e. The Balaban J connectivity index is 0.00000441. The van der Waals surface area contributed by atoms with Crippen molar-refractivity contribution < 1.29 is 9.59 Å². The van der Waals surface area contributed by atoms with Crippen molar-refractivity contribution in [2.75, 3.05) is 6.54 Å². The molecule has 3 N–H and O–H groups in total. The fourth-order valence-electron chi connectivity index (χ4n) is 2.09. The molecule has 1 amide bonds. The summed E-state index contributed by atoms with van der Waals surface area (Å²) in [6.45, 7) is 4.58. The van der Waals surface area contributed by atoms with Gasteiger partial charge in [0.2, 0.25) is 5.91 Å². The van der Waals surface area contributed by atoms with E-state index >= 15 is 0 Å². The highest BCUT2D eigenvalue weighted by molar-refractivity contribution is 6.30. The fourth-order valence-corrected chi connectivity index (χ4v) is 2.22. The van der Waals surface area contributed by atoms with Crippen LogP contribution in [0.4, 0.5) is 0 Å². The molecular weight excluding hydrogens is 323 g/mol. The maximum Gasteiger partial charge on any atom is 0.220 e. The first-order chi connectivity index (χ1) is 9.92. The van der Waals surface area contributed by atoms with Crippen LogP contribution >= 0.6 is 24.0 Å². The Kier molecular flexibility index (Phi) is 10.1. The molecule has 0 bridgehead atoms. The zero-order chi connectivity index (χ0) is 15.8. The molecule has 0 radical (unpaired) electrons. The molecule has 1 aromatic carbocycles. The topological polar surface area (TPSA) is 72.2 Å². The van der Waals surface area contributed by atoms with E-state index in [1.165, 1.54) is 0 Å². The number of halogens is 2. The summed E-state index contributed by atoms with van der Waals surface area (Å²) >= 11 is 5.77. The first kappa shape index (κ1) is 20.9. The first-order valence-corrected chi connectivity index (χ1v) is 7.58. The number of rotatable bonds is 8. The van der Waals surface area contributed by atoms with Crippen LogP contribution in [-0.4, -0.2) is 24.3 Å². The summed E-state index contributed by atoms with van der Waals surface area (Å²) < 4.78 is 0. The second kappa shape index (κ2) is 10.6. The van der Waals surface area contributed by atoms with Crippen LogP contribution in [-0.2, 0) is 4.79 Å². The van der Waals surface area contributed by atoms with Gasteiger partial charge in [0.1, 0.15) is 0 Å². The van der Waals surface area contributed by atoms with Crippen LogP contribution < -0.4 is 11.1 Å². The van der Waals surface area contributed by atoms with E-state index in [0.29, 0.717) is 23.0 Å². The minimum atomic E-state index is -0.131. The summed E-state index contributed by atoms with van der Waals surface area (Å²) in [5.74, 6) is 0.276. The van der Waals surface area contributed by atoms with Crippen LogP contribution in [0.5, 0.6) is 0 Å². The van der Waals surface area contributed by atoms with Crippen molar-refractivity contribution >= 4 is 35.7 Å². The third-order valence-electron chi connectivity index (χ3n) is 3.15. The number of amides is 1. The molecule has 1 atom stereocenters. The molecular formula is C16H24Cl2N2O2. The van der Waals surface area contributed by atoms with Crippen LogP contribution in [0.25, 0.3) is 0 Å². The number of hydrogen-bond donors (Lipinski definition) is 2. The normalized spacial score (nSPS) is 11.7. The minimum Gasteiger partial charge on any atom is -0.352 e. The van der Waals surface area contributed by atoms with Crippen molar-refractivity contribution in [2.24, 2.45) is 11.7 Å². The fraction of sp³-hybridized carbons (Fsp3) is 0.500. The second-order valence-corrected chi connectivity index (χ2v) is 6.00. The highest BCUT2D eigenvalue weighted by atomic mass is 35.5. The number of carbonyl (C=O) groups excluding carboxylic acids is 2. The van der Waals surface area contributed by atoms with Crippen LogP contribution in [0, 0.1) is 5.92 Å². The number of hydrogen-bond acceptors (Lipinski definition) is 3.